The van der Waals surface area contributed by atoms with Crippen LogP contribution < -0.4 is 15.4 Å². The number of carbonyl (C=O) groups is 2. The average Bonchev–Trinajstić information content (AvgIpc) is 2.59. The molecular weight excluding hydrogens is 348 g/mol. The monoisotopic (exact) mass is 368 g/mol. The zero-order valence-electron chi connectivity index (χ0n) is 14.2. The molecule has 3 N–H and O–H groups in total. The van der Waals surface area contributed by atoms with Crippen LogP contribution in [0.3, 0.4) is 0 Å². The van der Waals surface area contributed by atoms with Crippen LogP contribution in [0.2, 0.25) is 0 Å². The Morgan fingerprint density at radius 1 is 1.15 bits per heavy atom. The van der Waals surface area contributed by atoms with E-state index >= 15 is 0 Å². The molecule has 5 rings (SSSR count). The molecule has 0 unspecified atom stereocenters. The number of benzene rings is 1. The number of nitrogens with one attached hydrogen (secondary N) is 3. The number of rotatable bonds is 7. The Hall–Kier alpha value is -2.38. The molecule has 2 aromatic rings. The van der Waals surface area contributed by atoms with Crippen molar-refractivity contribution in [2.75, 3.05) is 11.9 Å². The molecule has 0 radical (unpaired) electrons. The number of amides is 2. The van der Waals surface area contributed by atoms with Crippen LogP contribution in [-0.2, 0) is 4.79 Å². The molecule has 3 fully saturated rings. The number of aromatic nitrogens is 1. The molecule has 6 nitrogen and oxygen atoms in total. The van der Waals surface area contributed by atoms with Gasteiger partial charge in [0.2, 0.25) is 5.91 Å². The van der Waals surface area contributed by atoms with Crippen LogP contribution in [0.25, 0.3) is 0 Å². The Balaban J connectivity index is 1.21. The maximum atomic E-state index is 12.0. The van der Waals surface area contributed by atoms with Crippen molar-refractivity contribution < 1.29 is 9.59 Å². The molecule has 0 atom stereocenters. The van der Waals surface area contributed by atoms with Crippen molar-refractivity contribution >= 4 is 29.4 Å². The highest BCUT2D eigenvalue weighted by molar-refractivity contribution is 7.97. The van der Waals surface area contributed by atoms with E-state index in [0.29, 0.717) is 16.8 Å². The van der Waals surface area contributed by atoms with Crippen LogP contribution in [0.1, 0.15) is 29.6 Å². The summed E-state index contributed by atoms with van der Waals surface area (Å²) in [5.41, 5.74) is 1.52. The molecule has 0 saturated heterocycles. The molecule has 0 spiro atoms. The van der Waals surface area contributed by atoms with E-state index in [-0.39, 0.29) is 18.4 Å². The zero-order chi connectivity index (χ0) is 18.0. The molecule has 3 aliphatic rings. The van der Waals surface area contributed by atoms with Crippen molar-refractivity contribution in [3.63, 3.8) is 0 Å². The highest BCUT2D eigenvalue weighted by atomic mass is 32.2. The highest BCUT2D eigenvalue weighted by Crippen LogP contribution is 2.57. The lowest BCUT2D eigenvalue weighted by Gasteiger charge is -2.61. The zero-order valence-corrected chi connectivity index (χ0v) is 15.0. The van der Waals surface area contributed by atoms with Gasteiger partial charge in [-0.05, 0) is 73.5 Å². The minimum atomic E-state index is -0.320. The van der Waals surface area contributed by atoms with E-state index in [1.54, 1.807) is 30.3 Å². The van der Waals surface area contributed by atoms with Gasteiger partial charge in [0.1, 0.15) is 0 Å². The van der Waals surface area contributed by atoms with Crippen molar-refractivity contribution in [3.05, 3.63) is 54.4 Å². The predicted molar refractivity (Wildman–Crippen MR) is 101 cm³/mol. The van der Waals surface area contributed by atoms with E-state index in [2.05, 4.69) is 20.3 Å². The fourth-order valence-electron chi connectivity index (χ4n) is 3.34. The molecule has 1 aromatic heterocycles. The first-order valence-corrected chi connectivity index (χ1v) is 9.46. The molecule has 3 saturated carbocycles. The molecule has 0 aliphatic heterocycles. The Morgan fingerprint density at radius 2 is 1.92 bits per heavy atom. The summed E-state index contributed by atoms with van der Waals surface area (Å²) in [4.78, 5) is 28.9. The molecule has 134 valence electrons. The van der Waals surface area contributed by atoms with E-state index < -0.39 is 0 Å². The molecule has 1 heterocycles. The van der Waals surface area contributed by atoms with Gasteiger partial charge in [-0.1, -0.05) is 0 Å². The van der Waals surface area contributed by atoms with Gasteiger partial charge in [0.05, 0.1) is 12.1 Å². The van der Waals surface area contributed by atoms with E-state index in [4.69, 9.17) is 0 Å². The Kier molecular flexibility index (Phi) is 4.65. The number of carbonyl (C=O) groups excluding carboxylic acids is 2. The summed E-state index contributed by atoms with van der Waals surface area (Å²) in [6, 6.07) is 11.0. The summed E-state index contributed by atoms with van der Waals surface area (Å²) in [6.45, 7) is -0.0878. The van der Waals surface area contributed by atoms with Gasteiger partial charge in [0.15, 0.2) is 0 Å². The summed E-state index contributed by atoms with van der Waals surface area (Å²) < 4.78 is 3.56. The van der Waals surface area contributed by atoms with Gasteiger partial charge in [0.25, 0.3) is 5.91 Å². The fraction of sp³-hybridized carbons (Fsp3) is 0.316. The first-order chi connectivity index (χ1) is 12.6. The first kappa shape index (κ1) is 17.1. The SMILES string of the molecule is O=C(CNC(=O)c1cccnc1)Nc1ccc(SNC23CC(C2)C3)cc1. The van der Waals surface area contributed by atoms with E-state index in [9.17, 15) is 9.59 Å². The summed E-state index contributed by atoms with van der Waals surface area (Å²) in [5.74, 6) is 0.369. The summed E-state index contributed by atoms with van der Waals surface area (Å²) in [5, 5.41) is 5.36. The van der Waals surface area contributed by atoms with Crippen molar-refractivity contribution in [1.82, 2.24) is 15.0 Å². The third-order valence-electron chi connectivity index (χ3n) is 4.89. The van der Waals surface area contributed by atoms with Crippen LogP contribution in [0.5, 0.6) is 0 Å². The van der Waals surface area contributed by atoms with Gasteiger partial charge in [-0.25, -0.2) is 0 Å². The van der Waals surface area contributed by atoms with Gasteiger partial charge in [0, 0.05) is 28.5 Å². The topological polar surface area (TPSA) is 83.1 Å². The maximum Gasteiger partial charge on any atom is 0.253 e. The van der Waals surface area contributed by atoms with Crippen molar-refractivity contribution in [2.45, 2.75) is 29.7 Å². The van der Waals surface area contributed by atoms with Gasteiger partial charge < -0.3 is 10.6 Å². The summed E-state index contributed by atoms with van der Waals surface area (Å²) in [6.07, 6.45) is 6.97. The van der Waals surface area contributed by atoms with Gasteiger partial charge in [-0.2, -0.15) is 0 Å². The van der Waals surface area contributed by atoms with E-state index in [1.165, 1.54) is 25.5 Å². The summed E-state index contributed by atoms with van der Waals surface area (Å²) >= 11 is 1.65. The molecule has 1 aromatic carbocycles. The van der Waals surface area contributed by atoms with Crippen LogP contribution in [0, 0.1) is 5.92 Å². The number of nitrogens with zero attached hydrogens (tertiary/aromatic N) is 1. The number of anilines is 1. The second-order valence-electron chi connectivity index (χ2n) is 6.96. The average molecular weight is 368 g/mol. The predicted octanol–water partition coefficient (Wildman–Crippen LogP) is 2.60. The van der Waals surface area contributed by atoms with Gasteiger partial charge in [-0.15, -0.1) is 0 Å². The first-order valence-electron chi connectivity index (χ1n) is 8.64. The third-order valence-corrected chi connectivity index (χ3v) is 5.94. The highest BCUT2D eigenvalue weighted by Gasteiger charge is 2.56. The van der Waals surface area contributed by atoms with Crippen LogP contribution in [0.15, 0.2) is 53.7 Å². The number of hydrogen-bond acceptors (Lipinski definition) is 5. The molecule has 2 amide bonds. The Morgan fingerprint density at radius 3 is 2.54 bits per heavy atom. The second-order valence-corrected chi connectivity index (χ2v) is 7.84. The maximum absolute atomic E-state index is 12.0. The number of pyridine rings is 1. The standard InChI is InChI=1S/C19H20N4O2S/c24-17(12-21-18(25)14-2-1-7-20-11-14)22-15-3-5-16(6-4-15)26-23-19-8-13(9-19)10-19/h1-7,11,13,23H,8-10,12H2,(H,21,25)(H,22,24). The molecule has 26 heavy (non-hydrogen) atoms. The fourth-order valence-corrected chi connectivity index (χ4v) is 4.20. The lowest BCUT2D eigenvalue weighted by atomic mass is 9.50. The van der Waals surface area contributed by atoms with Crippen molar-refractivity contribution in [3.8, 4) is 0 Å². The van der Waals surface area contributed by atoms with Gasteiger partial charge in [-0.3, -0.25) is 19.3 Å². The van der Waals surface area contributed by atoms with Crippen LogP contribution in [-0.4, -0.2) is 28.9 Å². The molecule has 2 bridgehead atoms. The number of hydrogen-bond donors (Lipinski definition) is 3. The van der Waals surface area contributed by atoms with Gasteiger partial charge >= 0.3 is 0 Å². The van der Waals surface area contributed by atoms with E-state index in [1.807, 2.05) is 24.3 Å². The van der Waals surface area contributed by atoms with Crippen LogP contribution in [0.4, 0.5) is 5.69 Å². The van der Waals surface area contributed by atoms with Crippen molar-refractivity contribution in [2.24, 2.45) is 5.92 Å². The normalized spacial score (nSPS) is 22.7. The Labute approximate surface area is 156 Å². The summed E-state index contributed by atoms with van der Waals surface area (Å²) in [7, 11) is 0. The quantitative estimate of drug-likeness (QED) is 0.655. The minimum absolute atomic E-state index is 0.0878. The smallest absolute Gasteiger partial charge is 0.253 e. The van der Waals surface area contributed by atoms with Crippen LogP contribution >= 0.6 is 11.9 Å². The minimum Gasteiger partial charge on any atom is -0.343 e. The molecular formula is C19H20N4O2S. The largest absolute Gasteiger partial charge is 0.343 e. The lowest BCUT2D eigenvalue weighted by molar-refractivity contribution is -0.115. The molecule has 3 aliphatic carbocycles. The third kappa shape index (κ3) is 3.73. The van der Waals surface area contributed by atoms with Crippen molar-refractivity contribution in [1.29, 1.82) is 0 Å². The second kappa shape index (κ2) is 7.09. The lowest BCUT2D eigenvalue weighted by Crippen LogP contribution is -2.64. The van der Waals surface area contributed by atoms with E-state index in [0.717, 1.165) is 10.8 Å². The molecule has 7 heteroatoms. The Bertz CT molecular complexity index is 793.